The second-order valence-electron chi connectivity index (χ2n) is 5.77. The first kappa shape index (κ1) is 16.3. The van der Waals surface area contributed by atoms with Crippen LogP contribution in [0.15, 0.2) is 47.3 Å². The molecule has 0 aliphatic carbocycles. The number of ether oxygens (including phenoxy) is 1. The molecule has 6 nitrogen and oxygen atoms in total. The molecule has 24 heavy (non-hydrogen) atoms. The van der Waals surface area contributed by atoms with Gasteiger partial charge in [0.1, 0.15) is 6.26 Å². The Hall–Kier alpha value is -2.60. The van der Waals surface area contributed by atoms with Crippen LogP contribution in [-0.4, -0.2) is 55.0 Å². The molecule has 0 unspecified atom stereocenters. The number of carbonyl (C=O) groups excluding carboxylic acids is 2. The number of hydrogen-bond donors (Lipinski definition) is 0. The molecule has 0 saturated carbocycles. The number of benzene rings is 1. The topological polar surface area (TPSA) is 63.0 Å². The Morgan fingerprint density at radius 1 is 1.04 bits per heavy atom. The summed E-state index contributed by atoms with van der Waals surface area (Å²) in [5.74, 6) is -0.307. The molecule has 2 heterocycles. The van der Waals surface area contributed by atoms with Gasteiger partial charge in [-0.3, -0.25) is 9.69 Å². The predicted octanol–water partition coefficient (Wildman–Crippen LogP) is 2.02. The summed E-state index contributed by atoms with van der Waals surface area (Å²) >= 11 is 0. The molecule has 0 spiro atoms. The van der Waals surface area contributed by atoms with Crippen LogP contribution in [0.3, 0.4) is 0 Å². The SMILES string of the molecule is COC(=O)c1ccc(CN2CCN(C(=O)c3ccoc3)CC2)cc1. The number of methoxy groups -OCH3 is 1. The zero-order valence-corrected chi connectivity index (χ0v) is 13.6. The molecule has 1 aromatic carbocycles. The maximum absolute atomic E-state index is 12.3. The van der Waals surface area contributed by atoms with Crippen LogP contribution in [0.4, 0.5) is 0 Å². The Labute approximate surface area is 140 Å². The van der Waals surface area contributed by atoms with Crippen molar-refractivity contribution in [3.63, 3.8) is 0 Å². The number of esters is 1. The first-order valence-corrected chi connectivity index (χ1v) is 7.88. The summed E-state index contributed by atoms with van der Waals surface area (Å²) in [5.41, 5.74) is 2.29. The highest BCUT2D eigenvalue weighted by molar-refractivity contribution is 5.93. The molecule has 0 N–H and O–H groups in total. The number of amides is 1. The quantitative estimate of drug-likeness (QED) is 0.804. The van der Waals surface area contributed by atoms with E-state index < -0.39 is 0 Å². The molecular formula is C18H20N2O4. The maximum atomic E-state index is 12.3. The summed E-state index contributed by atoms with van der Waals surface area (Å²) in [4.78, 5) is 27.8. The third-order valence-electron chi connectivity index (χ3n) is 4.21. The third-order valence-corrected chi connectivity index (χ3v) is 4.21. The molecule has 2 aromatic rings. The second kappa shape index (κ2) is 7.31. The van der Waals surface area contributed by atoms with Crippen molar-refractivity contribution in [2.24, 2.45) is 0 Å². The fourth-order valence-electron chi connectivity index (χ4n) is 2.80. The van der Waals surface area contributed by atoms with Gasteiger partial charge in [-0.25, -0.2) is 4.79 Å². The number of hydrogen-bond acceptors (Lipinski definition) is 5. The van der Waals surface area contributed by atoms with Gasteiger partial charge in [0.15, 0.2) is 0 Å². The van der Waals surface area contributed by atoms with Gasteiger partial charge in [0.05, 0.1) is 24.5 Å². The Balaban J connectivity index is 1.52. The number of rotatable bonds is 4. The van der Waals surface area contributed by atoms with Crippen LogP contribution < -0.4 is 0 Å². The first-order chi connectivity index (χ1) is 11.7. The van der Waals surface area contributed by atoms with Gasteiger partial charge in [-0.05, 0) is 23.8 Å². The first-order valence-electron chi connectivity index (χ1n) is 7.88. The fraction of sp³-hybridized carbons (Fsp3) is 0.333. The highest BCUT2D eigenvalue weighted by atomic mass is 16.5. The van der Waals surface area contributed by atoms with Crippen LogP contribution in [0.1, 0.15) is 26.3 Å². The van der Waals surface area contributed by atoms with E-state index in [1.165, 1.54) is 19.6 Å². The number of furan rings is 1. The van der Waals surface area contributed by atoms with E-state index in [9.17, 15) is 9.59 Å². The van der Waals surface area contributed by atoms with Crippen molar-refractivity contribution in [3.8, 4) is 0 Å². The summed E-state index contributed by atoms with van der Waals surface area (Å²) in [6.45, 7) is 3.84. The predicted molar refractivity (Wildman–Crippen MR) is 87.7 cm³/mol. The molecule has 1 amide bonds. The number of nitrogens with zero attached hydrogens (tertiary/aromatic N) is 2. The van der Waals surface area contributed by atoms with E-state index in [0.717, 1.165) is 25.2 Å². The summed E-state index contributed by atoms with van der Waals surface area (Å²) in [7, 11) is 1.38. The third kappa shape index (κ3) is 3.65. The van der Waals surface area contributed by atoms with E-state index in [-0.39, 0.29) is 11.9 Å². The zero-order valence-electron chi connectivity index (χ0n) is 13.6. The number of carbonyl (C=O) groups is 2. The largest absolute Gasteiger partial charge is 0.472 e. The van der Waals surface area contributed by atoms with Gasteiger partial charge >= 0.3 is 5.97 Å². The van der Waals surface area contributed by atoms with Gasteiger partial charge in [0, 0.05) is 32.7 Å². The number of piperazine rings is 1. The Morgan fingerprint density at radius 3 is 2.33 bits per heavy atom. The van der Waals surface area contributed by atoms with Crippen LogP contribution in [-0.2, 0) is 11.3 Å². The summed E-state index contributed by atoms with van der Waals surface area (Å²) < 4.78 is 9.67. The van der Waals surface area contributed by atoms with Crippen molar-refractivity contribution in [3.05, 3.63) is 59.5 Å². The van der Waals surface area contributed by atoms with E-state index in [1.54, 1.807) is 18.2 Å². The molecule has 0 radical (unpaired) electrons. The van der Waals surface area contributed by atoms with Crippen molar-refractivity contribution < 1.29 is 18.7 Å². The second-order valence-corrected chi connectivity index (χ2v) is 5.77. The molecule has 126 valence electrons. The average molecular weight is 328 g/mol. The minimum Gasteiger partial charge on any atom is -0.472 e. The standard InChI is InChI=1S/C18H20N2O4/c1-23-18(22)15-4-2-14(3-5-15)12-19-7-9-20(10-8-19)17(21)16-6-11-24-13-16/h2-6,11,13H,7-10,12H2,1H3. The van der Waals surface area contributed by atoms with Crippen LogP contribution in [0.2, 0.25) is 0 Å². The highest BCUT2D eigenvalue weighted by Crippen LogP contribution is 2.13. The minimum atomic E-state index is -0.326. The molecule has 0 atom stereocenters. The summed E-state index contributed by atoms with van der Waals surface area (Å²) in [6, 6.07) is 9.13. The smallest absolute Gasteiger partial charge is 0.337 e. The molecule has 6 heteroatoms. The fourth-order valence-corrected chi connectivity index (χ4v) is 2.80. The van der Waals surface area contributed by atoms with Gasteiger partial charge in [0.25, 0.3) is 5.91 Å². The van der Waals surface area contributed by atoms with E-state index in [0.29, 0.717) is 24.2 Å². The molecule has 1 fully saturated rings. The Bertz CT molecular complexity index is 686. The van der Waals surface area contributed by atoms with Gasteiger partial charge in [0.2, 0.25) is 0 Å². The van der Waals surface area contributed by atoms with E-state index in [1.807, 2.05) is 17.0 Å². The van der Waals surface area contributed by atoms with Crippen molar-refractivity contribution in [2.45, 2.75) is 6.54 Å². The van der Waals surface area contributed by atoms with Crippen molar-refractivity contribution in [1.82, 2.24) is 9.80 Å². The Kier molecular flexibility index (Phi) is 4.96. The molecule has 0 bridgehead atoms. The molecule has 1 aliphatic rings. The van der Waals surface area contributed by atoms with Crippen LogP contribution in [0.5, 0.6) is 0 Å². The van der Waals surface area contributed by atoms with E-state index >= 15 is 0 Å². The van der Waals surface area contributed by atoms with E-state index in [2.05, 4.69) is 4.90 Å². The molecule has 3 rings (SSSR count). The lowest BCUT2D eigenvalue weighted by molar-refractivity contribution is 0.0599. The average Bonchev–Trinajstić information content (AvgIpc) is 3.16. The molecule has 1 aromatic heterocycles. The summed E-state index contributed by atoms with van der Waals surface area (Å²) in [6.07, 6.45) is 3.00. The molecule has 1 aliphatic heterocycles. The van der Waals surface area contributed by atoms with Gasteiger partial charge in [-0.2, -0.15) is 0 Å². The lowest BCUT2D eigenvalue weighted by Crippen LogP contribution is -2.48. The maximum Gasteiger partial charge on any atom is 0.337 e. The van der Waals surface area contributed by atoms with Crippen molar-refractivity contribution in [1.29, 1.82) is 0 Å². The minimum absolute atomic E-state index is 0.0193. The normalized spacial score (nSPS) is 15.3. The lowest BCUT2D eigenvalue weighted by atomic mass is 10.1. The molecular weight excluding hydrogens is 308 g/mol. The Morgan fingerprint density at radius 2 is 1.75 bits per heavy atom. The van der Waals surface area contributed by atoms with Crippen LogP contribution in [0, 0.1) is 0 Å². The van der Waals surface area contributed by atoms with Crippen LogP contribution in [0.25, 0.3) is 0 Å². The van der Waals surface area contributed by atoms with Crippen molar-refractivity contribution in [2.75, 3.05) is 33.3 Å². The van der Waals surface area contributed by atoms with Gasteiger partial charge in [-0.1, -0.05) is 12.1 Å². The molecule has 1 saturated heterocycles. The lowest BCUT2D eigenvalue weighted by Gasteiger charge is -2.34. The van der Waals surface area contributed by atoms with Gasteiger partial charge < -0.3 is 14.1 Å². The van der Waals surface area contributed by atoms with Crippen molar-refractivity contribution >= 4 is 11.9 Å². The van der Waals surface area contributed by atoms with Crippen LogP contribution >= 0.6 is 0 Å². The zero-order chi connectivity index (χ0) is 16.9. The monoisotopic (exact) mass is 328 g/mol. The van der Waals surface area contributed by atoms with Gasteiger partial charge in [-0.15, -0.1) is 0 Å². The summed E-state index contributed by atoms with van der Waals surface area (Å²) in [5, 5.41) is 0. The highest BCUT2D eigenvalue weighted by Gasteiger charge is 2.22. The van der Waals surface area contributed by atoms with E-state index in [4.69, 9.17) is 9.15 Å².